The summed E-state index contributed by atoms with van der Waals surface area (Å²) in [5.74, 6) is 0.774. The fraction of sp³-hybridized carbons (Fsp3) is 0.424. The number of rotatable bonds is 7. The normalized spacial score (nSPS) is 20.9. The lowest BCUT2D eigenvalue weighted by Gasteiger charge is -2.45. The molecular formula is C33H41N3O. The molecule has 0 N–H and O–H groups in total. The minimum Gasteiger partial charge on any atom is -0.378 e. The Labute approximate surface area is 222 Å². The van der Waals surface area contributed by atoms with E-state index in [1.807, 2.05) is 44.4 Å². The van der Waals surface area contributed by atoms with Crippen LogP contribution in [0, 0.1) is 0 Å². The van der Waals surface area contributed by atoms with E-state index >= 15 is 0 Å². The monoisotopic (exact) mass is 495 g/mol. The Kier molecular flexibility index (Phi) is 8.25. The molecular weight excluding hydrogens is 454 g/mol. The van der Waals surface area contributed by atoms with Gasteiger partial charge in [0.05, 0.1) is 0 Å². The van der Waals surface area contributed by atoms with Crippen molar-refractivity contribution in [3.8, 4) is 0 Å². The number of hydrogen-bond donors (Lipinski definition) is 0. The molecule has 0 radical (unpaired) electrons. The topological polar surface area (TPSA) is 26.8 Å². The Bertz CT molecular complexity index is 1120. The fourth-order valence-electron chi connectivity index (χ4n) is 6.38. The molecule has 5 rings (SSSR count). The van der Waals surface area contributed by atoms with Gasteiger partial charge in [-0.1, -0.05) is 73.5 Å². The molecule has 1 saturated carbocycles. The fourth-order valence-corrected chi connectivity index (χ4v) is 6.38. The van der Waals surface area contributed by atoms with Crippen molar-refractivity contribution in [3.63, 3.8) is 0 Å². The molecule has 2 fully saturated rings. The number of amides is 1. The van der Waals surface area contributed by atoms with Gasteiger partial charge in [-0.25, -0.2) is 0 Å². The van der Waals surface area contributed by atoms with E-state index in [9.17, 15) is 4.79 Å². The van der Waals surface area contributed by atoms with Crippen LogP contribution in [0.3, 0.4) is 0 Å². The van der Waals surface area contributed by atoms with Crippen molar-refractivity contribution in [2.45, 2.75) is 63.1 Å². The third-order valence-electron chi connectivity index (χ3n) is 8.45. The van der Waals surface area contributed by atoms with Gasteiger partial charge < -0.3 is 9.80 Å². The van der Waals surface area contributed by atoms with E-state index < -0.39 is 0 Å². The van der Waals surface area contributed by atoms with Crippen LogP contribution in [0.4, 0.5) is 5.69 Å². The van der Waals surface area contributed by atoms with Crippen molar-refractivity contribution >= 4 is 11.6 Å². The predicted octanol–water partition coefficient (Wildman–Crippen LogP) is 6.59. The van der Waals surface area contributed by atoms with Gasteiger partial charge in [0.25, 0.3) is 5.91 Å². The molecule has 4 heteroatoms. The highest BCUT2D eigenvalue weighted by molar-refractivity contribution is 5.94. The first-order chi connectivity index (χ1) is 18.1. The molecule has 1 aliphatic carbocycles. The second kappa shape index (κ2) is 12.0. The number of nitrogens with zero attached hydrogens (tertiary/aromatic N) is 3. The highest BCUT2D eigenvalue weighted by Crippen LogP contribution is 2.37. The Hall–Kier alpha value is -3.11. The van der Waals surface area contributed by atoms with Crippen LogP contribution in [0.25, 0.3) is 0 Å². The maximum Gasteiger partial charge on any atom is 0.254 e. The minimum atomic E-state index is 0.146. The zero-order chi connectivity index (χ0) is 25.6. The van der Waals surface area contributed by atoms with Gasteiger partial charge in [-0.15, -0.1) is 0 Å². The summed E-state index contributed by atoms with van der Waals surface area (Å²) in [7, 11) is 4.06. The van der Waals surface area contributed by atoms with Crippen molar-refractivity contribution in [1.29, 1.82) is 0 Å². The second-order valence-corrected chi connectivity index (χ2v) is 11.0. The first-order valence-corrected chi connectivity index (χ1v) is 14.0. The summed E-state index contributed by atoms with van der Waals surface area (Å²) in [5, 5.41) is 0. The molecule has 1 amide bonds. The van der Waals surface area contributed by atoms with E-state index in [1.54, 1.807) is 0 Å². The van der Waals surface area contributed by atoms with Gasteiger partial charge in [0.2, 0.25) is 0 Å². The highest BCUT2D eigenvalue weighted by atomic mass is 16.2. The lowest BCUT2D eigenvalue weighted by atomic mass is 9.78. The lowest BCUT2D eigenvalue weighted by Crippen LogP contribution is -2.51. The van der Waals surface area contributed by atoms with Gasteiger partial charge in [-0.2, -0.15) is 0 Å². The number of carbonyl (C=O) groups is 1. The van der Waals surface area contributed by atoms with Crippen molar-refractivity contribution in [2.75, 3.05) is 32.1 Å². The van der Waals surface area contributed by atoms with Crippen LogP contribution >= 0.6 is 0 Å². The van der Waals surface area contributed by atoms with Crippen LogP contribution in [0.2, 0.25) is 0 Å². The molecule has 0 spiro atoms. The Morgan fingerprint density at radius 3 is 2.05 bits per heavy atom. The third kappa shape index (κ3) is 6.07. The summed E-state index contributed by atoms with van der Waals surface area (Å²) >= 11 is 0. The van der Waals surface area contributed by atoms with Gasteiger partial charge >= 0.3 is 0 Å². The van der Waals surface area contributed by atoms with Crippen molar-refractivity contribution in [3.05, 3.63) is 102 Å². The van der Waals surface area contributed by atoms with E-state index in [2.05, 4.69) is 69.3 Å². The number of anilines is 1. The van der Waals surface area contributed by atoms with Crippen LogP contribution in [-0.2, 0) is 6.54 Å². The molecule has 37 heavy (non-hydrogen) atoms. The molecule has 194 valence electrons. The quantitative estimate of drug-likeness (QED) is 0.370. The zero-order valence-electron chi connectivity index (χ0n) is 22.4. The number of likely N-dealkylation sites (tertiary alicyclic amines) is 1. The van der Waals surface area contributed by atoms with E-state index in [4.69, 9.17) is 0 Å². The summed E-state index contributed by atoms with van der Waals surface area (Å²) < 4.78 is 0. The van der Waals surface area contributed by atoms with E-state index in [-0.39, 0.29) is 11.9 Å². The molecule has 0 aromatic heterocycles. The van der Waals surface area contributed by atoms with Gasteiger partial charge in [-0.05, 0) is 67.0 Å². The van der Waals surface area contributed by atoms with Crippen molar-refractivity contribution in [1.82, 2.24) is 9.80 Å². The zero-order valence-corrected chi connectivity index (χ0v) is 22.4. The molecule has 2 aliphatic rings. The minimum absolute atomic E-state index is 0.146. The van der Waals surface area contributed by atoms with E-state index in [0.29, 0.717) is 18.5 Å². The van der Waals surface area contributed by atoms with Gasteiger partial charge in [0.15, 0.2) is 0 Å². The van der Waals surface area contributed by atoms with Crippen LogP contribution in [-0.4, -0.2) is 55.0 Å². The van der Waals surface area contributed by atoms with Crippen LogP contribution in [0.1, 0.15) is 65.9 Å². The molecule has 1 aliphatic heterocycles. The molecule has 3 aromatic rings. The second-order valence-electron chi connectivity index (χ2n) is 11.0. The van der Waals surface area contributed by atoms with Gasteiger partial charge in [-0.3, -0.25) is 9.69 Å². The molecule has 3 aromatic carbocycles. The number of benzene rings is 3. The largest absolute Gasteiger partial charge is 0.378 e. The molecule has 2 atom stereocenters. The number of hydrogen-bond acceptors (Lipinski definition) is 3. The SMILES string of the molecule is CN(C)c1ccc(C(=O)N(Cc2ccccc2)C2CCN(C3CCCCC3c3ccccc3)CC2)cc1. The summed E-state index contributed by atoms with van der Waals surface area (Å²) in [4.78, 5) is 20.8. The number of piperidine rings is 1. The smallest absolute Gasteiger partial charge is 0.254 e. The average Bonchev–Trinajstić information content (AvgIpc) is 2.97. The summed E-state index contributed by atoms with van der Waals surface area (Å²) in [5.41, 5.74) is 4.58. The van der Waals surface area contributed by atoms with Crippen LogP contribution < -0.4 is 4.90 Å². The van der Waals surface area contributed by atoms with Crippen molar-refractivity contribution < 1.29 is 4.79 Å². The molecule has 4 nitrogen and oxygen atoms in total. The third-order valence-corrected chi connectivity index (χ3v) is 8.45. The van der Waals surface area contributed by atoms with E-state index in [1.165, 1.54) is 36.8 Å². The van der Waals surface area contributed by atoms with E-state index in [0.717, 1.165) is 37.2 Å². The van der Waals surface area contributed by atoms with Gasteiger partial charge in [0.1, 0.15) is 0 Å². The lowest BCUT2D eigenvalue weighted by molar-refractivity contribution is 0.0432. The summed E-state index contributed by atoms with van der Waals surface area (Å²) in [6.45, 7) is 2.80. The van der Waals surface area contributed by atoms with Gasteiger partial charge in [0, 0.05) is 57.1 Å². The Balaban J connectivity index is 1.31. The first-order valence-electron chi connectivity index (χ1n) is 14.0. The van der Waals surface area contributed by atoms with Crippen molar-refractivity contribution in [2.24, 2.45) is 0 Å². The maximum absolute atomic E-state index is 13.8. The van der Waals surface area contributed by atoms with Crippen LogP contribution in [0.5, 0.6) is 0 Å². The predicted molar refractivity (Wildman–Crippen MR) is 153 cm³/mol. The Morgan fingerprint density at radius 1 is 0.784 bits per heavy atom. The molecule has 1 saturated heterocycles. The molecule has 1 heterocycles. The molecule has 2 unspecified atom stereocenters. The number of carbonyl (C=O) groups excluding carboxylic acids is 1. The highest BCUT2D eigenvalue weighted by Gasteiger charge is 2.35. The summed E-state index contributed by atoms with van der Waals surface area (Å²) in [6.07, 6.45) is 7.30. The standard InChI is InChI=1S/C33H41N3O/c1-34(2)29-19-17-28(18-20-29)33(37)36(25-26-11-5-3-6-12-26)30-21-23-35(24-22-30)32-16-10-9-15-31(32)27-13-7-4-8-14-27/h3-8,11-14,17-20,30-32H,9-10,15-16,21-25H2,1-2H3. The maximum atomic E-state index is 13.8. The molecule has 0 bridgehead atoms. The summed E-state index contributed by atoms with van der Waals surface area (Å²) in [6, 6.07) is 30.5. The average molecular weight is 496 g/mol. The Morgan fingerprint density at radius 2 is 1.41 bits per heavy atom. The first kappa shape index (κ1) is 25.5. The van der Waals surface area contributed by atoms with Crippen LogP contribution in [0.15, 0.2) is 84.9 Å².